The zero-order valence-electron chi connectivity index (χ0n) is 34.9. The van der Waals surface area contributed by atoms with Gasteiger partial charge in [0.15, 0.2) is 0 Å². The molecule has 2 heteroatoms. The minimum Gasteiger partial charge on any atom is -0.456 e. The number of anilines is 3. The molecule has 0 amide bonds. The molecule has 298 valence electrons. The lowest BCUT2D eigenvalue weighted by atomic mass is 9.97. The van der Waals surface area contributed by atoms with Crippen molar-refractivity contribution < 1.29 is 4.42 Å². The molecule has 1 heterocycles. The summed E-state index contributed by atoms with van der Waals surface area (Å²) in [6.07, 6.45) is 0. The smallest absolute Gasteiger partial charge is 0.138 e. The molecule has 0 saturated carbocycles. The molecular weight excluding hydrogens is 763 g/mol. The number of rotatable bonds is 9. The molecule has 10 aromatic carbocycles. The van der Waals surface area contributed by atoms with Crippen molar-refractivity contribution in [3.05, 3.63) is 248 Å². The quantitative estimate of drug-likeness (QED) is 0.144. The highest BCUT2D eigenvalue weighted by Crippen LogP contribution is 2.40. The van der Waals surface area contributed by atoms with E-state index in [9.17, 15) is 0 Å². The first kappa shape index (κ1) is 37.8. The molecule has 63 heavy (non-hydrogen) atoms. The van der Waals surface area contributed by atoms with Crippen LogP contribution in [0.2, 0.25) is 0 Å². The molecule has 0 radical (unpaired) electrons. The molecule has 0 N–H and O–H groups in total. The van der Waals surface area contributed by atoms with Gasteiger partial charge in [0, 0.05) is 33.6 Å². The number of hydrogen-bond acceptors (Lipinski definition) is 2. The monoisotopic (exact) mass is 805 g/mol. The minimum atomic E-state index is 0.919. The lowest BCUT2D eigenvalue weighted by molar-refractivity contribution is 0.629. The van der Waals surface area contributed by atoms with E-state index in [1.165, 1.54) is 60.8 Å². The minimum absolute atomic E-state index is 0.919. The third kappa shape index (κ3) is 7.39. The summed E-state index contributed by atoms with van der Waals surface area (Å²) in [5.74, 6) is 0.925. The average molecular weight is 806 g/mol. The Morgan fingerprint density at radius 1 is 0.302 bits per heavy atom. The number of benzene rings is 10. The Labute approximate surface area is 368 Å². The summed E-state index contributed by atoms with van der Waals surface area (Å²) >= 11 is 0. The van der Waals surface area contributed by atoms with Crippen LogP contribution in [0.25, 0.3) is 88.7 Å². The summed E-state index contributed by atoms with van der Waals surface area (Å²) in [6.45, 7) is 2.14. The van der Waals surface area contributed by atoms with E-state index >= 15 is 0 Å². The first-order valence-electron chi connectivity index (χ1n) is 21.6. The van der Waals surface area contributed by atoms with E-state index in [1.807, 2.05) is 12.1 Å². The number of para-hydroxylation sites is 1. The molecule has 0 aliphatic heterocycles. The summed E-state index contributed by atoms with van der Waals surface area (Å²) in [6, 6.07) is 87.1. The van der Waals surface area contributed by atoms with Gasteiger partial charge in [0.25, 0.3) is 0 Å². The van der Waals surface area contributed by atoms with Gasteiger partial charge >= 0.3 is 0 Å². The van der Waals surface area contributed by atoms with Crippen LogP contribution in [0.1, 0.15) is 5.56 Å². The van der Waals surface area contributed by atoms with Gasteiger partial charge in [0.1, 0.15) is 11.3 Å². The van der Waals surface area contributed by atoms with E-state index in [1.54, 1.807) is 0 Å². The molecule has 1 aromatic heterocycles. The van der Waals surface area contributed by atoms with Crippen molar-refractivity contribution in [3.8, 4) is 67.0 Å². The van der Waals surface area contributed by atoms with Crippen LogP contribution in [0.3, 0.4) is 0 Å². The zero-order chi connectivity index (χ0) is 42.1. The summed E-state index contributed by atoms with van der Waals surface area (Å²) in [7, 11) is 0. The van der Waals surface area contributed by atoms with E-state index in [0.717, 1.165) is 50.5 Å². The number of furan rings is 1. The average Bonchev–Trinajstić information content (AvgIpc) is 3.71. The predicted octanol–water partition coefficient (Wildman–Crippen LogP) is 17.4. The fourth-order valence-electron chi connectivity index (χ4n) is 8.95. The number of nitrogens with zero attached hydrogens (tertiary/aromatic N) is 1. The standard InChI is InChI=1S/C61H43NO/c1-42-57-17-7-8-20-60(57)63-61(42)53-16-9-15-52(41-53)49-27-25-46(26-28-49)48-31-37-55(38-32-48)62(56-39-33-51(34-40-56)59-19-10-14-50-13-5-6-18-58(50)59)54-35-29-47(30-36-54)45-23-21-44(22-24-45)43-11-3-2-4-12-43/h2-41H,1H3. The first-order chi connectivity index (χ1) is 31.1. The maximum Gasteiger partial charge on any atom is 0.138 e. The van der Waals surface area contributed by atoms with Crippen LogP contribution < -0.4 is 4.90 Å². The fourth-order valence-corrected chi connectivity index (χ4v) is 8.95. The maximum atomic E-state index is 6.31. The molecule has 11 rings (SSSR count). The van der Waals surface area contributed by atoms with Gasteiger partial charge in [-0.2, -0.15) is 0 Å². The highest BCUT2D eigenvalue weighted by atomic mass is 16.3. The summed E-state index contributed by atoms with van der Waals surface area (Å²) in [4.78, 5) is 2.35. The van der Waals surface area contributed by atoms with Crippen molar-refractivity contribution in [2.75, 3.05) is 4.90 Å². The maximum absolute atomic E-state index is 6.31. The van der Waals surface area contributed by atoms with Gasteiger partial charge in [0.05, 0.1) is 0 Å². The molecular formula is C61H43NO. The Kier molecular flexibility index (Phi) is 9.80. The third-order valence-corrected chi connectivity index (χ3v) is 12.3. The van der Waals surface area contributed by atoms with Crippen molar-refractivity contribution in [2.24, 2.45) is 0 Å². The Hall–Kier alpha value is -8.20. The van der Waals surface area contributed by atoms with Gasteiger partial charge in [-0.05, 0) is 122 Å². The molecule has 2 nitrogen and oxygen atoms in total. The normalized spacial score (nSPS) is 11.3. The van der Waals surface area contributed by atoms with E-state index in [2.05, 4.69) is 242 Å². The number of aryl methyl sites for hydroxylation is 1. The molecule has 0 spiro atoms. The van der Waals surface area contributed by atoms with Crippen LogP contribution in [-0.4, -0.2) is 0 Å². The molecule has 0 unspecified atom stereocenters. The van der Waals surface area contributed by atoms with Crippen LogP contribution in [0, 0.1) is 6.92 Å². The Bertz CT molecular complexity index is 3340. The molecule has 0 aliphatic rings. The van der Waals surface area contributed by atoms with Crippen LogP contribution >= 0.6 is 0 Å². The Morgan fingerprint density at radius 3 is 1.27 bits per heavy atom. The summed E-state index contributed by atoms with van der Waals surface area (Å²) in [5, 5.41) is 3.66. The van der Waals surface area contributed by atoms with E-state index in [-0.39, 0.29) is 0 Å². The van der Waals surface area contributed by atoms with Gasteiger partial charge < -0.3 is 9.32 Å². The van der Waals surface area contributed by atoms with Crippen molar-refractivity contribution in [3.63, 3.8) is 0 Å². The molecule has 0 fully saturated rings. The molecule has 0 bridgehead atoms. The van der Waals surface area contributed by atoms with E-state index < -0.39 is 0 Å². The predicted molar refractivity (Wildman–Crippen MR) is 266 cm³/mol. The van der Waals surface area contributed by atoms with E-state index in [0.29, 0.717) is 0 Å². The second-order valence-electron chi connectivity index (χ2n) is 16.2. The Balaban J connectivity index is 0.893. The lowest BCUT2D eigenvalue weighted by Crippen LogP contribution is -2.09. The molecule has 0 aliphatic carbocycles. The second kappa shape index (κ2) is 16.3. The van der Waals surface area contributed by atoms with Crippen LogP contribution in [-0.2, 0) is 0 Å². The molecule has 11 aromatic rings. The number of hydrogen-bond donors (Lipinski definition) is 0. The highest BCUT2D eigenvalue weighted by molar-refractivity contribution is 5.97. The van der Waals surface area contributed by atoms with Gasteiger partial charge in [-0.3, -0.25) is 0 Å². The van der Waals surface area contributed by atoms with Gasteiger partial charge in [-0.15, -0.1) is 0 Å². The second-order valence-corrected chi connectivity index (χ2v) is 16.2. The number of fused-ring (bicyclic) bond motifs is 2. The Morgan fingerprint density at radius 2 is 0.698 bits per heavy atom. The van der Waals surface area contributed by atoms with Crippen molar-refractivity contribution in [1.82, 2.24) is 0 Å². The van der Waals surface area contributed by atoms with Crippen molar-refractivity contribution in [1.29, 1.82) is 0 Å². The summed E-state index contributed by atoms with van der Waals surface area (Å²) in [5.41, 5.74) is 18.3. The van der Waals surface area contributed by atoms with Gasteiger partial charge in [-0.1, -0.05) is 194 Å². The fraction of sp³-hybridized carbons (Fsp3) is 0.0164. The van der Waals surface area contributed by atoms with Crippen LogP contribution in [0.15, 0.2) is 247 Å². The largest absolute Gasteiger partial charge is 0.456 e. The van der Waals surface area contributed by atoms with Gasteiger partial charge in [0.2, 0.25) is 0 Å². The molecule has 0 atom stereocenters. The van der Waals surface area contributed by atoms with Gasteiger partial charge in [-0.25, -0.2) is 0 Å². The summed E-state index contributed by atoms with van der Waals surface area (Å²) < 4.78 is 6.31. The lowest BCUT2D eigenvalue weighted by Gasteiger charge is -2.26. The zero-order valence-corrected chi connectivity index (χ0v) is 34.9. The third-order valence-electron chi connectivity index (χ3n) is 12.3. The van der Waals surface area contributed by atoms with Crippen molar-refractivity contribution in [2.45, 2.75) is 6.92 Å². The van der Waals surface area contributed by atoms with E-state index in [4.69, 9.17) is 4.42 Å². The first-order valence-corrected chi connectivity index (χ1v) is 21.6. The highest BCUT2D eigenvalue weighted by Gasteiger charge is 2.16. The van der Waals surface area contributed by atoms with Crippen LogP contribution in [0.4, 0.5) is 17.1 Å². The van der Waals surface area contributed by atoms with Crippen molar-refractivity contribution >= 4 is 38.8 Å². The van der Waals surface area contributed by atoms with Crippen LogP contribution in [0.5, 0.6) is 0 Å². The molecule has 0 saturated heterocycles. The SMILES string of the molecule is Cc1c(-c2cccc(-c3ccc(-c4ccc(N(c5ccc(-c6ccc(-c7ccccc7)cc6)cc5)c5ccc(-c6cccc7ccccc67)cc5)cc4)cc3)c2)oc2ccccc12. The topological polar surface area (TPSA) is 16.4 Å².